The van der Waals surface area contributed by atoms with Crippen LogP contribution in [0.25, 0.3) is 0 Å². The summed E-state index contributed by atoms with van der Waals surface area (Å²) < 4.78 is 6.96. The summed E-state index contributed by atoms with van der Waals surface area (Å²) in [4.78, 5) is 0. The predicted molar refractivity (Wildman–Crippen MR) is 149 cm³/mol. The summed E-state index contributed by atoms with van der Waals surface area (Å²) in [5.74, 6) is 1.13. The standard InChI is InChI=1S/C32H49NO/c1-9-11-12-18-27(22-21-26-17-14-13-16-24(26)3)25(4)32(8,10-2)34-30-28(23-33)19-15-20-29(30)31(5,6)7/h15,19-23,25,33H,3,9-14,16-18H2,1-2,4-8H3/b26-21-,27-22-,33-23?. The molecular formula is C32H49NO. The van der Waals surface area contributed by atoms with Crippen LogP contribution in [0.4, 0.5) is 0 Å². The van der Waals surface area contributed by atoms with E-state index in [1.807, 2.05) is 12.1 Å². The topological polar surface area (TPSA) is 33.1 Å². The number of rotatable bonds is 11. The molecule has 0 aliphatic heterocycles. The number of hydrogen-bond donors (Lipinski definition) is 1. The van der Waals surface area contributed by atoms with Crippen molar-refractivity contribution in [1.29, 1.82) is 5.41 Å². The molecule has 0 aromatic heterocycles. The van der Waals surface area contributed by atoms with Gasteiger partial charge in [-0.2, -0.15) is 0 Å². The molecular weight excluding hydrogens is 414 g/mol. The third kappa shape index (κ3) is 7.20. The second-order valence-electron chi connectivity index (χ2n) is 11.3. The maximum Gasteiger partial charge on any atom is 0.132 e. The van der Waals surface area contributed by atoms with Crippen molar-refractivity contribution >= 4 is 6.21 Å². The molecule has 1 fully saturated rings. The summed E-state index contributed by atoms with van der Waals surface area (Å²) in [5.41, 5.74) is 5.81. The molecule has 0 spiro atoms. The maximum atomic E-state index is 8.02. The van der Waals surface area contributed by atoms with Crippen molar-refractivity contribution in [2.45, 2.75) is 117 Å². The van der Waals surface area contributed by atoms with E-state index in [2.05, 4.69) is 73.3 Å². The van der Waals surface area contributed by atoms with Gasteiger partial charge in [0.25, 0.3) is 0 Å². The molecule has 1 aliphatic carbocycles. The zero-order valence-corrected chi connectivity index (χ0v) is 23.0. The minimum absolute atomic E-state index is 0.0577. The van der Waals surface area contributed by atoms with Gasteiger partial charge in [0.15, 0.2) is 0 Å². The van der Waals surface area contributed by atoms with Crippen LogP contribution >= 0.6 is 0 Å². The van der Waals surface area contributed by atoms with E-state index in [4.69, 9.17) is 10.1 Å². The Morgan fingerprint density at radius 2 is 1.82 bits per heavy atom. The van der Waals surface area contributed by atoms with E-state index < -0.39 is 0 Å². The molecule has 0 saturated heterocycles. The Kier molecular flexibility index (Phi) is 10.4. The number of benzene rings is 1. The van der Waals surface area contributed by atoms with E-state index in [9.17, 15) is 0 Å². The normalized spacial score (nSPS) is 19.1. The molecule has 1 aromatic rings. The van der Waals surface area contributed by atoms with Crippen molar-refractivity contribution in [1.82, 2.24) is 0 Å². The number of allylic oxidation sites excluding steroid dienone is 4. The van der Waals surface area contributed by atoms with Crippen LogP contribution in [-0.4, -0.2) is 11.8 Å². The third-order valence-corrected chi connectivity index (χ3v) is 7.71. The van der Waals surface area contributed by atoms with Gasteiger partial charge in [0.2, 0.25) is 0 Å². The lowest BCUT2D eigenvalue weighted by Gasteiger charge is -2.39. The lowest BCUT2D eigenvalue weighted by atomic mass is 9.79. The van der Waals surface area contributed by atoms with Gasteiger partial charge < -0.3 is 10.1 Å². The summed E-state index contributed by atoms with van der Waals surface area (Å²) in [6, 6.07) is 6.19. The molecule has 1 aliphatic rings. The second-order valence-corrected chi connectivity index (χ2v) is 11.3. The van der Waals surface area contributed by atoms with Gasteiger partial charge in [-0.05, 0) is 68.9 Å². The monoisotopic (exact) mass is 463 g/mol. The first-order valence-corrected chi connectivity index (χ1v) is 13.5. The van der Waals surface area contributed by atoms with Crippen LogP contribution in [0.2, 0.25) is 0 Å². The number of unbranched alkanes of at least 4 members (excludes halogenated alkanes) is 2. The fourth-order valence-corrected chi connectivity index (χ4v) is 4.89. The maximum absolute atomic E-state index is 8.02. The van der Waals surface area contributed by atoms with Crippen molar-refractivity contribution in [3.8, 4) is 5.75 Å². The Morgan fingerprint density at radius 3 is 2.41 bits per heavy atom. The van der Waals surface area contributed by atoms with Crippen molar-refractivity contribution in [2.24, 2.45) is 5.92 Å². The van der Waals surface area contributed by atoms with Gasteiger partial charge in [-0.15, -0.1) is 0 Å². The van der Waals surface area contributed by atoms with Gasteiger partial charge in [-0.1, -0.05) is 96.4 Å². The molecule has 0 bridgehead atoms. The molecule has 2 heteroatoms. The zero-order valence-electron chi connectivity index (χ0n) is 23.0. The van der Waals surface area contributed by atoms with Crippen LogP contribution < -0.4 is 4.74 Å². The number of para-hydroxylation sites is 1. The number of ether oxygens (including phenoxy) is 1. The lowest BCUT2D eigenvalue weighted by Crippen LogP contribution is -2.40. The minimum Gasteiger partial charge on any atom is -0.486 e. The highest BCUT2D eigenvalue weighted by Crippen LogP contribution is 2.40. The molecule has 34 heavy (non-hydrogen) atoms. The largest absolute Gasteiger partial charge is 0.486 e. The summed E-state index contributed by atoms with van der Waals surface area (Å²) in [7, 11) is 0. The molecule has 1 N–H and O–H groups in total. The molecule has 0 heterocycles. The zero-order chi connectivity index (χ0) is 25.4. The van der Waals surface area contributed by atoms with Gasteiger partial charge >= 0.3 is 0 Å². The van der Waals surface area contributed by atoms with Crippen molar-refractivity contribution in [3.05, 3.63) is 64.8 Å². The van der Waals surface area contributed by atoms with E-state index in [0.717, 1.165) is 42.6 Å². The minimum atomic E-state index is -0.362. The summed E-state index contributed by atoms with van der Waals surface area (Å²) in [6.45, 7) is 20.1. The van der Waals surface area contributed by atoms with Crippen LogP contribution in [0.1, 0.15) is 117 Å². The SMILES string of the molecule is C=C1CCCC/C1=C/C=C(/CCCCC)C(C)C(C)(CC)Oc1c(C=N)cccc1C(C)(C)C. The van der Waals surface area contributed by atoms with E-state index in [1.54, 1.807) is 0 Å². The highest BCUT2D eigenvalue weighted by Gasteiger charge is 2.36. The van der Waals surface area contributed by atoms with Crippen LogP contribution in [0.5, 0.6) is 5.75 Å². The summed E-state index contributed by atoms with van der Waals surface area (Å²) >= 11 is 0. The Bertz CT molecular complexity index is 898. The second kappa shape index (κ2) is 12.6. The Balaban J connectivity index is 2.46. The molecule has 188 valence electrons. The first-order chi connectivity index (χ1) is 16.1. The molecule has 0 radical (unpaired) electrons. The molecule has 2 unspecified atom stereocenters. The Morgan fingerprint density at radius 1 is 1.12 bits per heavy atom. The van der Waals surface area contributed by atoms with Gasteiger partial charge in [0.1, 0.15) is 11.4 Å². The molecule has 2 nitrogen and oxygen atoms in total. The van der Waals surface area contributed by atoms with E-state index in [0.29, 0.717) is 0 Å². The average molecular weight is 464 g/mol. The highest BCUT2D eigenvalue weighted by atomic mass is 16.5. The molecule has 1 aromatic carbocycles. The highest BCUT2D eigenvalue weighted by molar-refractivity contribution is 5.82. The Hall–Kier alpha value is -2.09. The predicted octanol–water partition coefficient (Wildman–Crippen LogP) is 9.73. The van der Waals surface area contributed by atoms with Gasteiger partial charge in [0, 0.05) is 23.3 Å². The molecule has 2 rings (SSSR count). The quantitative estimate of drug-likeness (QED) is 0.257. The fraction of sp³-hybridized carbons (Fsp3) is 0.594. The van der Waals surface area contributed by atoms with Gasteiger partial charge in [-0.3, -0.25) is 0 Å². The molecule has 1 saturated carbocycles. The van der Waals surface area contributed by atoms with Crippen LogP contribution in [-0.2, 0) is 5.41 Å². The fourth-order valence-electron chi connectivity index (χ4n) is 4.89. The Labute approximate surface area is 210 Å². The summed E-state index contributed by atoms with van der Waals surface area (Å²) in [6.07, 6.45) is 16.7. The van der Waals surface area contributed by atoms with Crippen molar-refractivity contribution in [3.63, 3.8) is 0 Å². The number of hydrogen-bond acceptors (Lipinski definition) is 2. The lowest BCUT2D eigenvalue weighted by molar-refractivity contribution is 0.0404. The van der Waals surface area contributed by atoms with Crippen molar-refractivity contribution in [2.75, 3.05) is 0 Å². The first kappa shape index (κ1) is 28.1. The smallest absolute Gasteiger partial charge is 0.132 e. The van der Waals surface area contributed by atoms with E-state index >= 15 is 0 Å². The third-order valence-electron chi connectivity index (χ3n) is 7.71. The average Bonchev–Trinajstić information content (AvgIpc) is 2.81. The summed E-state index contributed by atoms with van der Waals surface area (Å²) in [5, 5.41) is 8.02. The van der Waals surface area contributed by atoms with E-state index in [1.165, 1.54) is 55.0 Å². The van der Waals surface area contributed by atoms with Crippen LogP contribution in [0.15, 0.2) is 53.6 Å². The van der Waals surface area contributed by atoms with Crippen LogP contribution in [0.3, 0.4) is 0 Å². The molecule has 2 atom stereocenters. The number of nitrogens with one attached hydrogen (secondary N) is 1. The first-order valence-electron chi connectivity index (χ1n) is 13.5. The molecule has 0 amide bonds. The van der Waals surface area contributed by atoms with Crippen LogP contribution in [0, 0.1) is 11.3 Å². The van der Waals surface area contributed by atoms with Gasteiger partial charge in [-0.25, -0.2) is 0 Å². The van der Waals surface area contributed by atoms with Gasteiger partial charge in [0.05, 0.1) is 0 Å². The van der Waals surface area contributed by atoms with E-state index in [-0.39, 0.29) is 16.9 Å². The van der Waals surface area contributed by atoms with Crippen molar-refractivity contribution < 1.29 is 4.74 Å².